The molecule has 1 atom stereocenters. The van der Waals surface area contributed by atoms with Gasteiger partial charge in [0.1, 0.15) is 6.04 Å². The van der Waals surface area contributed by atoms with Crippen LogP contribution in [-0.2, 0) is 11.2 Å². The third-order valence-electron chi connectivity index (χ3n) is 3.19. The summed E-state index contributed by atoms with van der Waals surface area (Å²) in [6.45, 7) is 4.20. The summed E-state index contributed by atoms with van der Waals surface area (Å²) in [5.41, 5.74) is 9.27. The number of hydrogen-bond donors (Lipinski definition) is 3. The molecule has 0 aliphatic rings. The van der Waals surface area contributed by atoms with Gasteiger partial charge in [-0.25, -0.2) is 0 Å². The fraction of sp³-hybridized carbons (Fsp3) is 0.357. The normalized spacial score (nSPS) is 12.2. The van der Waals surface area contributed by atoms with Gasteiger partial charge in [0.25, 0.3) is 0 Å². The Kier molecular flexibility index (Phi) is 4.47. The van der Waals surface area contributed by atoms with E-state index in [-0.39, 0.29) is 5.91 Å². The van der Waals surface area contributed by atoms with Gasteiger partial charge in [0, 0.05) is 36.1 Å². The van der Waals surface area contributed by atoms with Gasteiger partial charge in [-0.3, -0.25) is 14.9 Å². The number of aromatic amines is 1. The van der Waals surface area contributed by atoms with Crippen molar-refractivity contribution < 1.29 is 4.79 Å². The number of carbonyl (C=O) groups excluding carboxylic acids is 1. The minimum absolute atomic E-state index is 0.200. The second-order valence-electron chi connectivity index (χ2n) is 4.69. The zero-order valence-electron chi connectivity index (χ0n) is 11.7. The Bertz CT molecular complexity index is 559. The van der Waals surface area contributed by atoms with Crippen molar-refractivity contribution in [2.75, 3.05) is 6.54 Å². The van der Waals surface area contributed by atoms with E-state index >= 15 is 0 Å². The first-order valence-corrected chi connectivity index (χ1v) is 6.54. The van der Waals surface area contributed by atoms with Crippen LogP contribution in [0.15, 0.2) is 24.4 Å². The molecule has 0 saturated carbocycles. The fourth-order valence-electron chi connectivity index (χ4n) is 2.12. The standard InChI is InChI=1S/C14H19N5O/c1-9-12(10(2)19-18-9)13(15)14(20)17-8-6-11-5-3-4-7-16-11/h3-5,7,13H,6,8,15H2,1-2H3,(H,17,20)(H,18,19)/t13-/m0/s1. The van der Waals surface area contributed by atoms with Crippen LogP contribution in [0.5, 0.6) is 0 Å². The second-order valence-corrected chi connectivity index (χ2v) is 4.69. The molecule has 20 heavy (non-hydrogen) atoms. The topological polar surface area (TPSA) is 96.7 Å². The molecule has 2 rings (SSSR count). The van der Waals surface area contributed by atoms with E-state index in [1.54, 1.807) is 6.20 Å². The zero-order chi connectivity index (χ0) is 14.5. The van der Waals surface area contributed by atoms with Gasteiger partial charge in [0.2, 0.25) is 5.91 Å². The summed E-state index contributed by atoms with van der Waals surface area (Å²) in [4.78, 5) is 16.2. The molecule has 6 nitrogen and oxygen atoms in total. The predicted molar refractivity (Wildman–Crippen MR) is 75.9 cm³/mol. The number of pyridine rings is 1. The van der Waals surface area contributed by atoms with Crippen molar-refractivity contribution in [3.05, 3.63) is 47.0 Å². The Labute approximate surface area is 117 Å². The highest BCUT2D eigenvalue weighted by Gasteiger charge is 2.21. The number of aryl methyl sites for hydroxylation is 2. The number of amides is 1. The van der Waals surface area contributed by atoms with E-state index in [4.69, 9.17) is 5.73 Å². The van der Waals surface area contributed by atoms with E-state index in [2.05, 4.69) is 20.5 Å². The number of H-pyrrole nitrogens is 1. The van der Waals surface area contributed by atoms with Gasteiger partial charge < -0.3 is 11.1 Å². The molecule has 4 N–H and O–H groups in total. The number of hydrogen-bond acceptors (Lipinski definition) is 4. The van der Waals surface area contributed by atoms with Crippen LogP contribution in [0.1, 0.15) is 28.7 Å². The van der Waals surface area contributed by atoms with Crippen LogP contribution in [0, 0.1) is 13.8 Å². The Morgan fingerprint density at radius 2 is 2.25 bits per heavy atom. The number of aromatic nitrogens is 3. The van der Waals surface area contributed by atoms with Gasteiger partial charge in [-0.2, -0.15) is 5.10 Å². The molecule has 0 radical (unpaired) electrons. The van der Waals surface area contributed by atoms with Gasteiger partial charge >= 0.3 is 0 Å². The summed E-state index contributed by atoms with van der Waals surface area (Å²) in [5, 5.41) is 9.72. The first kappa shape index (κ1) is 14.2. The number of rotatable bonds is 5. The van der Waals surface area contributed by atoms with Crippen molar-refractivity contribution in [1.82, 2.24) is 20.5 Å². The van der Waals surface area contributed by atoms with E-state index in [1.165, 1.54) is 0 Å². The van der Waals surface area contributed by atoms with Gasteiger partial charge in [0.15, 0.2) is 0 Å². The molecule has 2 aromatic rings. The summed E-state index contributed by atoms with van der Waals surface area (Å²) in [7, 11) is 0. The summed E-state index contributed by atoms with van der Waals surface area (Å²) < 4.78 is 0. The van der Waals surface area contributed by atoms with Crippen LogP contribution in [0.2, 0.25) is 0 Å². The second kappa shape index (κ2) is 6.29. The quantitative estimate of drug-likeness (QED) is 0.750. The third kappa shape index (κ3) is 3.21. The van der Waals surface area contributed by atoms with E-state index < -0.39 is 6.04 Å². The minimum Gasteiger partial charge on any atom is -0.354 e. The lowest BCUT2D eigenvalue weighted by molar-refractivity contribution is -0.122. The molecule has 0 saturated heterocycles. The Hall–Kier alpha value is -2.21. The van der Waals surface area contributed by atoms with Crippen molar-refractivity contribution in [3.8, 4) is 0 Å². The van der Waals surface area contributed by atoms with Crippen LogP contribution in [0.4, 0.5) is 0 Å². The molecule has 0 unspecified atom stereocenters. The van der Waals surface area contributed by atoms with E-state index in [0.29, 0.717) is 13.0 Å². The lowest BCUT2D eigenvalue weighted by Crippen LogP contribution is -2.35. The Morgan fingerprint density at radius 1 is 1.45 bits per heavy atom. The predicted octanol–water partition coefficient (Wildman–Crippen LogP) is 0.780. The highest BCUT2D eigenvalue weighted by molar-refractivity contribution is 5.83. The van der Waals surface area contributed by atoms with Gasteiger partial charge in [-0.05, 0) is 26.0 Å². The molecule has 0 bridgehead atoms. The van der Waals surface area contributed by atoms with Crippen LogP contribution in [0.25, 0.3) is 0 Å². The maximum Gasteiger partial charge on any atom is 0.241 e. The highest BCUT2D eigenvalue weighted by Crippen LogP contribution is 2.17. The average molecular weight is 273 g/mol. The van der Waals surface area contributed by atoms with Crippen LogP contribution >= 0.6 is 0 Å². The minimum atomic E-state index is -0.697. The van der Waals surface area contributed by atoms with E-state index in [1.807, 2.05) is 32.0 Å². The number of nitrogens with two attached hydrogens (primary N) is 1. The Morgan fingerprint density at radius 3 is 2.85 bits per heavy atom. The summed E-state index contributed by atoms with van der Waals surface area (Å²) in [6, 6.07) is 5.02. The average Bonchev–Trinajstić information content (AvgIpc) is 2.78. The van der Waals surface area contributed by atoms with Gasteiger partial charge in [-0.1, -0.05) is 6.07 Å². The van der Waals surface area contributed by atoms with Crippen molar-refractivity contribution >= 4 is 5.91 Å². The molecule has 0 fully saturated rings. The Balaban J connectivity index is 1.89. The number of carbonyl (C=O) groups is 1. The van der Waals surface area contributed by atoms with Gasteiger partial charge in [-0.15, -0.1) is 0 Å². The summed E-state index contributed by atoms with van der Waals surface area (Å²) in [6.07, 6.45) is 2.42. The first-order valence-electron chi connectivity index (χ1n) is 6.54. The first-order chi connectivity index (χ1) is 9.59. The summed E-state index contributed by atoms with van der Waals surface area (Å²) >= 11 is 0. The smallest absolute Gasteiger partial charge is 0.241 e. The molecular weight excluding hydrogens is 254 g/mol. The largest absolute Gasteiger partial charge is 0.354 e. The molecule has 1 amide bonds. The van der Waals surface area contributed by atoms with Crippen molar-refractivity contribution in [2.45, 2.75) is 26.3 Å². The molecule has 0 aliphatic carbocycles. The van der Waals surface area contributed by atoms with Crippen molar-refractivity contribution in [1.29, 1.82) is 0 Å². The zero-order valence-corrected chi connectivity index (χ0v) is 11.7. The maximum absolute atomic E-state index is 12.0. The van der Waals surface area contributed by atoms with E-state index in [0.717, 1.165) is 22.6 Å². The molecule has 2 heterocycles. The molecule has 106 valence electrons. The lowest BCUT2D eigenvalue weighted by atomic mass is 10.1. The highest BCUT2D eigenvalue weighted by atomic mass is 16.2. The molecule has 2 aromatic heterocycles. The molecular formula is C14H19N5O. The maximum atomic E-state index is 12.0. The monoisotopic (exact) mass is 273 g/mol. The molecule has 0 aliphatic heterocycles. The SMILES string of the molecule is Cc1n[nH]c(C)c1[C@H](N)C(=O)NCCc1ccccn1. The fourth-order valence-corrected chi connectivity index (χ4v) is 2.12. The number of nitrogens with one attached hydrogen (secondary N) is 2. The van der Waals surface area contributed by atoms with Crippen LogP contribution in [-0.4, -0.2) is 27.6 Å². The molecule has 0 aromatic carbocycles. The molecule has 6 heteroatoms. The lowest BCUT2D eigenvalue weighted by Gasteiger charge is -2.12. The molecule has 0 spiro atoms. The van der Waals surface area contributed by atoms with Gasteiger partial charge in [0.05, 0.1) is 5.69 Å². The van der Waals surface area contributed by atoms with E-state index in [9.17, 15) is 4.79 Å². The van der Waals surface area contributed by atoms with Crippen LogP contribution < -0.4 is 11.1 Å². The number of nitrogens with zero attached hydrogens (tertiary/aromatic N) is 2. The van der Waals surface area contributed by atoms with Crippen molar-refractivity contribution in [2.24, 2.45) is 5.73 Å². The summed E-state index contributed by atoms with van der Waals surface area (Å²) in [5.74, 6) is -0.200. The van der Waals surface area contributed by atoms with Crippen molar-refractivity contribution in [3.63, 3.8) is 0 Å². The third-order valence-corrected chi connectivity index (χ3v) is 3.19. The van der Waals surface area contributed by atoms with Crippen LogP contribution in [0.3, 0.4) is 0 Å².